The molecule has 3 aromatic carbocycles. The Morgan fingerprint density at radius 3 is 1.79 bits per heavy atom. The lowest BCUT2D eigenvalue weighted by Crippen LogP contribution is -2.46. The third-order valence-electron chi connectivity index (χ3n) is 5.35. The number of benzene rings is 3. The van der Waals surface area contributed by atoms with E-state index in [1.54, 1.807) is 12.1 Å². The molecule has 1 saturated heterocycles. The maximum atomic E-state index is 12.3. The van der Waals surface area contributed by atoms with Crippen LogP contribution in [0.2, 0.25) is 0 Å². The molecule has 0 saturated carbocycles. The van der Waals surface area contributed by atoms with Crippen molar-refractivity contribution in [2.45, 2.75) is 18.2 Å². The Bertz CT molecular complexity index is 1010. The van der Waals surface area contributed by atoms with E-state index in [0.717, 1.165) is 16.8 Å². The monoisotopic (exact) mass is 408 g/mol. The van der Waals surface area contributed by atoms with Gasteiger partial charge < -0.3 is 15.7 Å². The third-order valence-corrected chi connectivity index (χ3v) is 7.05. The number of nitrogens with zero attached hydrogens (tertiary/aromatic N) is 1. The standard InChI is InChI=1S/C23H24N2O3S/c24-19-11-13-20(14-12-19)25(21-15-29(27,28)16-22(21)26)23(17-7-3-1-4-8-17)18-9-5-2-6-10-18/h1-14,21-23,26H,15-16,24H2/t21-,22-/m1/s1. The van der Waals surface area contributed by atoms with Crippen molar-refractivity contribution >= 4 is 21.2 Å². The predicted octanol–water partition coefficient (Wildman–Crippen LogP) is 3.02. The molecular weight excluding hydrogens is 384 g/mol. The summed E-state index contributed by atoms with van der Waals surface area (Å²) in [5.41, 5.74) is 9.37. The summed E-state index contributed by atoms with van der Waals surface area (Å²) in [4.78, 5) is 2.03. The molecule has 0 spiro atoms. The zero-order valence-electron chi connectivity index (χ0n) is 15.9. The van der Waals surface area contributed by atoms with E-state index >= 15 is 0 Å². The maximum absolute atomic E-state index is 12.3. The Kier molecular flexibility index (Phi) is 5.30. The minimum atomic E-state index is -3.32. The fraction of sp³-hybridized carbons (Fsp3) is 0.217. The first-order chi connectivity index (χ1) is 13.9. The first-order valence-electron chi connectivity index (χ1n) is 9.57. The lowest BCUT2D eigenvalue weighted by atomic mass is 9.94. The van der Waals surface area contributed by atoms with E-state index in [4.69, 9.17) is 5.73 Å². The van der Waals surface area contributed by atoms with Gasteiger partial charge in [-0.05, 0) is 35.4 Å². The molecule has 0 radical (unpaired) electrons. The molecule has 29 heavy (non-hydrogen) atoms. The Balaban J connectivity index is 1.90. The van der Waals surface area contributed by atoms with Crippen LogP contribution in [0.15, 0.2) is 84.9 Å². The Labute approximate surface area is 171 Å². The van der Waals surface area contributed by atoms with Crippen molar-refractivity contribution in [2.24, 2.45) is 0 Å². The molecule has 0 unspecified atom stereocenters. The van der Waals surface area contributed by atoms with Gasteiger partial charge in [0.05, 0.1) is 29.7 Å². The van der Waals surface area contributed by atoms with Gasteiger partial charge in [0, 0.05) is 11.4 Å². The topological polar surface area (TPSA) is 83.6 Å². The highest BCUT2D eigenvalue weighted by Gasteiger charge is 2.43. The number of rotatable bonds is 5. The van der Waals surface area contributed by atoms with Gasteiger partial charge >= 0.3 is 0 Å². The van der Waals surface area contributed by atoms with Gasteiger partial charge in [-0.2, -0.15) is 0 Å². The molecule has 3 N–H and O–H groups in total. The Morgan fingerprint density at radius 1 is 0.828 bits per heavy atom. The fourth-order valence-corrected chi connectivity index (χ4v) is 5.82. The summed E-state index contributed by atoms with van der Waals surface area (Å²) in [5.74, 6) is -0.311. The largest absolute Gasteiger partial charge is 0.399 e. The number of nitrogens with two attached hydrogens (primary N) is 1. The van der Waals surface area contributed by atoms with Crippen molar-refractivity contribution in [3.63, 3.8) is 0 Å². The molecule has 3 aromatic rings. The Hall–Kier alpha value is -2.83. The van der Waals surface area contributed by atoms with Crippen LogP contribution in [0, 0.1) is 0 Å². The SMILES string of the molecule is Nc1ccc(N(C(c2ccccc2)c2ccccc2)[C@@H]2CS(=O)(=O)C[C@H]2O)cc1. The summed E-state index contributed by atoms with van der Waals surface area (Å²) in [6.45, 7) is 0. The second-order valence-corrected chi connectivity index (χ2v) is 9.59. The third kappa shape index (κ3) is 4.13. The molecule has 6 heteroatoms. The first kappa shape index (κ1) is 19.5. The highest BCUT2D eigenvalue weighted by Crippen LogP contribution is 2.37. The zero-order valence-corrected chi connectivity index (χ0v) is 16.7. The normalized spacial score (nSPS) is 20.6. The number of anilines is 2. The number of aliphatic hydroxyl groups is 1. The van der Waals surface area contributed by atoms with E-state index in [1.165, 1.54) is 0 Å². The minimum absolute atomic E-state index is 0.0886. The van der Waals surface area contributed by atoms with Crippen molar-refractivity contribution in [3.05, 3.63) is 96.1 Å². The van der Waals surface area contributed by atoms with Crippen LogP contribution in [0.1, 0.15) is 17.2 Å². The van der Waals surface area contributed by atoms with E-state index in [0.29, 0.717) is 5.69 Å². The van der Waals surface area contributed by atoms with Crippen LogP contribution in [0.4, 0.5) is 11.4 Å². The van der Waals surface area contributed by atoms with Gasteiger partial charge in [-0.15, -0.1) is 0 Å². The van der Waals surface area contributed by atoms with Crippen LogP contribution >= 0.6 is 0 Å². The average Bonchev–Trinajstić information content (AvgIpc) is 3.00. The summed E-state index contributed by atoms with van der Waals surface area (Å²) < 4.78 is 24.7. The molecule has 1 aliphatic rings. The summed E-state index contributed by atoms with van der Waals surface area (Å²) in [6, 6.07) is 26.4. The van der Waals surface area contributed by atoms with Gasteiger partial charge in [-0.25, -0.2) is 8.42 Å². The van der Waals surface area contributed by atoms with E-state index in [9.17, 15) is 13.5 Å². The minimum Gasteiger partial charge on any atom is -0.399 e. The number of hydrogen-bond acceptors (Lipinski definition) is 5. The molecule has 1 fully saturated rings. The molecule has 0 aliphatic carbocycles. The summed E-state index contributed by atoms with van der Waals surface area (Å²) >= 11 is 0. The van der Waals surface area contributed by atoms with Crippen LogP contribution in [0.25, 0.3) is 0 Å². The second kappa shape index (κ2) is 7.89. The first-order valence-corrected chi connectivity index (χ1v) is 11.4. The predicted molar refractivity (Wildman–Crippen MR) is 117 cm³/mol. The molecule has 4 rings (SSSR count). The van der Waals surface area contributed by atoms with Gasteiger partial charge in [0.1, 0.15) is 0 Å². The quantitative estimate of drug-likeness (QED) is 0.634. The highest BCUT2D eigenvalue weighted by atomic mass is 32.2. The van der Waals surface area contributed by atoms with Crippen molar-refractivity contribution < 1.29 is 13.5 Å². The summed E-state index contributed by atoms with van der Waals surface area (Å²) in [5, 5.41) is 10.7. The van der Waals surface area contributed by atoms with Gasteiger partial charge in [-0.1, -0.05) is 60.7 Å². The molecule has 150 valence electrons. The maximum Gasteiger partial charge on any atom is 0.155 e. The van der Waals surface area contributed by atoms with Crippen molar-refractivity contribution in [1.29, 1.82) is 0 Å². The van der Waals surface area contributed by atoms with Crippen LogP contribution in [-0.2, 0) is 9.84 Å². The smallest absolute Gasteiger partial charge is 0.155 e. The molecular formula is C23H24N2O3S. The lowest BCUT2D eigenvalue weighted by molar-refractivity contribution is 0.175. The number of aliphatic hydroxyl groups excluding tert-OH is 1. The number of nitrogen functional groups attached to an aromatic ring is 1. The second-order valence-electron chi connectivity index (χ2n) is 7.43. The van der Waals surface area contributed by atoms with Crippen molar-refractivity contribution in [3.8, 4) is 0 Å². The number of sulfone groups is 1. The highest BCUT2D eigenvalue weighted by molar-refractivity contribution is 7.91. The van der Waals surface area contributed by atoms with Crippen molar-refractivity contribution in [1.82, 2.24) is 0 Å². The molecule has 0 amide bonds. The average molecular weight is 409 g/mol. The van der Waals surface area contributed by atoms with E-state index in [-0.39, 0.29) is 17.5 Å². The fourth-order valence-electron chi connectivity index (χ4n) is 4.04. The molecule has 1 aliphatic heterocycles. The molecule has 2 atom stereocenters. The van der Waals surface area contributed by atoms with Crippen LogP contribution < -0.4 is 10.6 Å². The van der Waals surface area contributed by atoms with Gasteiger partial charge in [-0.3, -0.25) is 0 Å². The molecule has 1 heterocycles. The van der Waals surface area contributed by atoms with Gasteiger partial charge in [0.25, 0.3) is 0 Å². The van der Waals surface area contributed by atoms with Crippen molar-refractivity contribution in [2.75, 3.05) is 22.1 Å². The zero-order chi connectivity index (χ0) is 20.4. The summed E-state index contributed by atoms with van der Waals surface area (Å²) in [7, 11) is -3.32. The van der Waals surface area contributed by atoms with Crippen LogP contribution in [0.5, 0.6) is 0 Å². The number of hydrogen-bond donors (Lipinski definition) is 2. The van der Waals surface area contributed by atoms with Crippen LogP contribution in [0.3, 0.4) is 0 Å². The molecule has 0 aromatic heterocycles. The molecule has 5 nitrogen and oxygen atoms in total. The molecule has 0 bridgehead atoms. The van der Waals surface area contributed by atoms with E-state index < -0.39 is 22.0 Å². The Morgan fingerprint density at radius 2 is 1.34 bits per heavy atom. The van der Waals surface area contributed by atoms with Gasteiger partial charge in [0.15, 0.2) is 9.84 Å². The van der Waals surface area contributed by atoms with Crippen LogP contribution in [-0.4, -0.2) is 37.2 Å². The van der Waals surface area contributed by atoms with E-state index in [2.05, 4.69) is 0 Å². The van der Waals surface area contributed by atoms with E-state index in [1.807, 2.05) is 77.7 Å². The lowest BCUT2D eigenvalue weighted by Gasteiger charge is -2.40. The summed E-state index contributed by atoms with van der Waals surface area (Å²) in [6.07, 6.45) is -0.965. The van der Waals surface area contributed by atoms with Gasteiger partial charge in [0.2, 0.25) is 0 Å².